The van der Waals surface area contributed by atoms with Gasteiger partial charge in [-0.25, -0.2) is 0 Å². The fraction of sp³-hybridized carbons (Fsp3) is 0.154. The zero-order valence-corrected chi connectivity index (χ0v) is 17.3. The molecule has 0 N–H and O–H groups in total. The molecule has 3 heterocycles. The van der Waals surface area contributed by atoms with Gasteiger partial charge in [-0.2, -0.15) is 0 Å². The maximum atomic E-state index is 4.56. The quantitative estimate of drug-likeness (QED) is 0.401. The van der Waals surface area contributed by atoms with Crippen LogP contribution < -0.4 is 9.80 Å². The number of para-hydroxylation sites is 2. The monoisotopic (exact) mass is 392 g/mol. The SMILES string of the molecule is CN1Cc2cncc(c2)-c2ccccc2N(C)Cc2cncc(c2)-c2ccccc21. The van der Waals surface area contributed by atoms with E-state index in [1.165, 1.54) is 33.6 Å². The summed E-state index contributed by atoms with van der Waals surface area (Å²) in [6.45, 7) is 1.56. The Morgan fingerprint density at radius 2 is 1.03 bits per heavy atom. The minimum absolute atomic E-state index is 0.781. The Labute approximate surface area is 177 Å². The lowest BCUT2D eigenvalue weighted by molar-refractivity contribution is 0.909. The number of anilines is 2. The highest BCUT2D eigenvalue weighted by Crippen LogP contribution is 2.34. The minimum atomic E-state index is 0.781. The molecule has 0 saturated carbocycles. The summed E-state index contributed by atoms with van der Waals surface area (Å²) >= 11 is 0. The standard InChI is InChI=1S/C26H24N4/c1-29-17-19-11-22(16-27-13-19)24-8-4-6-10-26(24)30(2)18-20-12-21(15-28-14-20)23-7-3-5-9-25(23)29/h3-16H,17-18H2,1-2H3. The predicted molar refractivity (Wildman–Crippen MR) is 124 cm³/mol. The fourth-order valence-electron chi connectivity index (χ4n) is 4.26. The van der Waals surface area contributed by atoms with E-state index in [2.05, 4.69) is 94.5 Å². The summed E-state index contributed by atoms with van der Waals surface area (Å²) < 4.78 is 0. The first-order valence-electron chi connectivity index (χ1n) is 10.2. The van der Waals surface area contributed by atoms with Gasteiger partial charge in [-0.1, -0.05) is 36.4 Å². The molecule has 0 unspecified atom stereocenters. The van der Waals surface area contributed by atoms with E-state index < -0.39 is 0 Å². The van der Waals surface area contributed by atoms with Crippen molar-refractivity contribution in [1.29, 1.82) is 0 Å². The lowest BCUT2D eigenvalue weighted by atomic mass is 10.0. The molecule has 4 aromatic rings. The third kappa shape index (κ3) is 3.41. The molecule has 1 aliphatic heterocycles. The van der Waals surface area contributed by atoms with Gasteiger partial charge >= 0.3 is 0 Å². The topological polar surface area (TPSA) is 32.3 Å². The lowest BCUT2D eigenvalue weighted by Crippen LogP contribution is -2.19. The van der Waals surface area contributed by atoms with Crippen LogP contribution in [0.2, 0.25) is 0 Å². The van der Waals surface area contributed by atoms with Crippen LogP contribution >= 0.6 is 0 Å². The van der Waals surface area contributed by atoms with Crippen molar-refractivity contribution in [3.63, 3.8) is 0 Å². The van der Waals surface area contributed by atoms with Crippen molar-refractivity contribution >= 4 is 11.4 Å². The van der Waals surface area contributed by atoms with Gasteiger partial charge in [-0.05, 0) is 35.4 Å². The number of aromatic nitrogens is 2. The van der Waals surface area contributed by atoms with Crippen LogP contribution in [0.25, 0.3) is 22.3 Å². The van der Waals surface area contributed by atoms with Gasteiger partial charge in [0.2, 0.25) is 0 Å². The van der Waals surface area contributed by atoms with E-state index >= 15 is 0 Å². The molecule has 5 rings (SSSR count). The van der Waals surface area contributed by atoms with Crippen LogP contribution in [0.1, 0.15) is 11.1 Å². The molecule has 0 fully saturated rings. The van der Waals surface area contributed by atoms with Crippen molar-refractivity contribution in [2.24, 2.45) is 0 Å². The minimum Gasteiger partial charge on any atom is -0.370 e. The van der Waals surface area contributed by atoms with Crippen LogP contribution in [-0.2, 0) is 13.1 Å². The van der Waals surface area contributed by atoms with Gasteiger partial charge in [-0.15, -0.1) is 0 Å². The molecule has 148 valence electrons. The van der Waals surface area contributed by atoms with Crippen molar-refractivity contribution in [2.45, 2.75) is 13.1 Å². The Balaban J connectivity index is 1.71. The van der Waals surface area contributed by atoms with Crippen LogP contribution in [-0.4, -0.2) is 24.1 Å². The summed E-state index contributed by atoms with van der Waals surface area (Å²) in [4.78, 5) is 13.7. The van der Waals surface area contributed by atoms with Gasteiger partial charge in [0.05, 0.1) is 0 Å². The first kappa shape index (κ1) is 18.4. The van der Waals surface area contributed by atoms with Crippen molar-refractivity contribution < 1.29 is 0 Å². The molecule has 0 saturated heterocycles. The molecule has 0 spiro atoms. The summed E-state index contributed by atoms with van der Waals surface area (Å²) in [5, 5.41) is 0. The van der Waals surface area contributed by atoms with Crippen LogP contribution in [0.3, 0.4) is 0 Å². The van der Waals surface area contributed by atoms with E-state index in [0.29, 0.717) is 0 Å². The van der Waals surface area contributed by atoms with Crippen molar-refractivity contribution in [1.82, 2.24) is 9.97 Å². The molecule has 4 nitrogen and oxygen atoms in total. The zero-order valence-electron chi connectivity index (χ0n) is 17.3. The number of nitrogens with zero attached hydrogens (tertiary/aromatic N) is 4. The predicted octanol–water partition coefficient (Wildman–Crippen LogP) is 5.40. The number of hydrogen-bond donors (Lipinski definition) is 0. The van der Waals surface area contributed by atoms with Crippen LogP contribution in [0.5, 0.6) is 0 Å². The second-order valence-corrected chi connectivity index (χ2v) is 7.91. The number of pyridine rings is 2. The Morgan fingerprint density at radius 1 is 0.600 bits per heavy atom. The largest absolute Gasteiger partial charge is 0.370 e. The van der Waals surface area contributed by atoms with Gasteiger partial charge in [0.1, 0.15) is 0 Å². The third-order valence-electron chi connectivity index (χ3n) is 5.68. The molecule has 4 heteroatoms. The normalized spacial score (nSPS) is 13.3. The number of hydrogen-bond acceptors (Lipinski definition) is 4. The summed E-state index contributed by atoms with van der Waals surface area (Å²) in [5.74, 6) is 0. The van der Waals surface area contributed by atoms with Crippen LogP contribution in [0.4, 0.5) is 11.4 Å². The number of rotatable bonds is 0. The van der Waals surface area contributed by atoms with Gasteiger partial charge in [0, 0.05) is 85.6 Å². The maximum Gasteiger partial charge on any atom is 0.0446 e. The molecule has 0 radical (unpaired) electrons. The molecular formula is C26H24N4. The second-order valence-electron chi connectivity index (χ2n) is 7.91. The number of fused-ring (bicyclic) bond motifs is 8. The van der Waals surface area contributed by atoms with Crippen LogP contribution in [0, 0.1) is 0 Å². The lowest BCUT2D eigenvalue weighted by Gasteiger charge is -2.25. The highest BCUT2D eigenvalue weighted by Gasteiger charge is 2.15. The first-order chi connectivity index (χ1) is 14.7. The smallest absolute Gasteiger partial charge is 0.0446 e. The summed E-state index contributed by atoms with van der Waals surface area (Å²) in [6.07, 6.45) is 7.84. The highest BCUT2D eigenvalue weighted by molar-refractivity contribution is 5.80. The van der Waals surface area contributed by atoms with Gasteiger partial charge in [-0.3, -0.25) is 9.97 Å². The van der Waals surface area contributed by atoms with E-state index in [-0.39, 0.29) is 0 Å². The molecule has 1 aliphatic rings. The van der Waals surface area contributed by atoms with Gasteiger partial charge in [0.25, 0.3) is 0 Å². The Morgan fingerprint density at radius 3 is 1.50 bits per heavy atom. The average Bonchev–Trinajstić information content (AvgIpc) is 2.79. The molecule has 2 aromatic carbocycles. The average molecular weight is 393 g/mol. The second kappa shape index (κ2) is 7.64. The first-order valence-corrected chi connectivity index (χ1v) is 10.2. The highest BCUT2D eigenvalue weighted by atomic mass is 15.1. The van der Waals surface area contributed by atoms with Crippen molar-refractivity contribution in [3.05, 3.63) is 96.6 Å². The van der Waals surface area contributed by atoms with Gasteiger partial charge < -0.3 is 9.80 Å². The molecule has 30 heavy (non-hydrogen) atoms. The van der Waals surface area contributed by atoms with E-state index in [1.807, 2.05) is 24.8 Å². The Hall–Kier alpha value is -3.66. The van der Waals surface area contributed by atoms with E-state index in [1.54, 1.807) is 0 Å². The Bertz CT molecular complexity index is 1110. The molecule has 2 aromatic heterocycles. The molecule has 0 amide bonds. The van der Waals surface area contributed by atoms with E-state index in [4.69, 9.17) is 0 Å². The molecule has 0 aliphatic carbocycles. The Kier molecular flexibility index (Phi) is 4.68. The van der Waals surface area contributed by atoms with Crippen LogP contribution in [0.15, 0.2) is 85.5 Å². The van der Waals surface area contributed by atoms with E-state index in [9.17, 15) is 0 Å². The zero-order chi connectivity index (χ0) is 20.5. The summed E-state index contributed by atoms with van der Waals surface area (Å²) in [6, 6.07) is 21.6. The molecule has 0 atom stereocenters. The van der Waals surface area contributed by atoms with Crippen molar-refractivity contribution in [2.75, 3.05) is 23.9 Å². The fourth-order valence-corrected chi connectivity index (χ4v) is 4.26. The van der Waals surface area contributed by atoms with Crippen molar-refractivity contribution in [3.8, 4) is 22.3 Å². The van der Waals surface area contributed by atoms with E-state index in [0.717, 1.165) is 24.2 Å². The summed E-state index contributed by atoms with van der Waals surface area (Å²) in [7, 11) is 4.27. The molecular weight excluding hydrogens is 368 g/mol. The maximum absolute atomic E-state index is 4.56. The molecule has 4 bridgehead atoms. The third-order valence-corrected chi connectivity index (χ3v) is 5.68. The summed E-state index contributed by atoms with van der Waals surface area (Å²) in [5.41, 5.74) is 9.41. The van der Waals surface area contributed by atoms with Gasteiger partial charge in [0.15, 0.2) is 0 Å². The number of benzene rings is 2.